The maximum absolute atomic E-state index is 13.7. The Morgan fingerprint density at radius 1 is 0.839 bits per heavy atom. The van der Waals surface area contributed by atoms with Gasteiger partial charge < -0.3 is 47.6 Å². The SMILES string of the molecule is CCCCOCCOCCOCCOCCOCCOc1cccc(/C(C)=N/NC(=O)COc2ccc3nc4c(c(CC)c3c2)Cn2c-4cc3c(c2=O)COC(=O)[C@]3(O)CC)c1. The number of hydrazone groups is 1. The maximum Gasteiger partial charge on any atom is 0.343 e. The van der Waals surface area contributed by atoms with Gasteiger partial charge in [-0.05, 0) is 68.1 Å². The van der Waals surface area contributed by atoms with Gasteiger partial charge in [-0.1, -0.05) is 39.3 Å². The van der Waals surface area contributed by atoms with Gasteiger partial charge in [-0.2, -0.15) is 5.10 Å². The zero-order valence-electron chi connectivity index (χ0n) is 36.1. The van der Waals surface area contributed by atoms with Crippen LogP contribution in [0.15, 0.2) is 58.4 Å². The van der Waals surface area contributed by atoms with Gasteiger partial charge in [0.2, 0.25) is 0 Å². The number of carbonyl (C=O) groups is 2. The van der Waals surface area contributed by atoms with Crippen LogP contribution < -0.4 is 20.5 Å². The highest BCUT2D eigenvalue weighted by atomic mass is 16.6. The molecular weight excluding hydrogens is 801 g/mol. The van der Waals surface area contributed by atoms with Gasteiger partial charge in [-0.15, -0.1) is 0 Å². The minimum Gasteiger partial charge on any atom is -0.491 e. The third-order valence-corrected chi connectivity index (χ3v) is 10.7. The summed E-state index contributed by atoms with van der Waals surface area (Å²) in [6.07, 6.45) is 2.91. The number of nitrogens with one attached hydrogen (secondary N) is 1. The van der Waals surface area contributed by atoms with Gasteiger partial charge in [-0.25, -0.2) is 15.2 Å². The highest BCUT2D eigenvalue weighted by molar-refractivity contribution is 5.99. The maximum atomic E-state index is 13.7. The van der Waals surface area contributed by atoms with Gasteiger partial charge >= 0.3 is 5.97 Å². The largest absolute Gasteiger partial charge is 0.491 e. The van der Waals surface area contributed by atoms with Crippen LogP contribution in [-0.4, -0.2) is 112 Å². The number of cyclic esters (lactones) is 1. The summed E-state index contributed by atoms with van der Waals surface area (Å²) in [5.74, 6) is -0.0856. The zero-order valence-corrected chi connectivity index (χ0v) is 36.1. The molecule has 0 aliphatic carbocycles. The van der Waals surface area contributed by atoms with Crippen molar-refractivity contribution in [2.75, 3.05) is 79.3 Å². The lowest BCUT2D eigenvalue weighted by Crippen LogP contribution is -2.44. The van der Waals surface area contributed by atoms with Crippen molar-refractivity contribution in [3.8, 4) is 22.9 Å². The van der Waals surface area contributed by atoms with Crippen LogP contribution in [0.4, 0.5) is 0 Å². The molecule has 0 fully saturated rings. The van der Waals surface area contributed by atoms with Crippen LogP contribution >= 0.6 is 0 Å². The smallest absolute Gasteiger partial charge is 0.343 e. The van der Waals surface area contributed by atoms with Crippen molar-refractivity contribution in [2.24, 2.45) is 5.10 Å². The minimum atomic E-state index is -1.90. The molecule has 1 amide bonds. The molecule has 0 spiro atoms. The lowest BCUT2D eigenvalue weighted by Gasteiger charge is -2.31. The predicted molar refractivity (Wildman–Crippen MR) is 231 cm³/mol. The fourth-order valence-electron chi connectivity index (χ4n) is 7.28. The molecule has 16 nitrogen and oxygen atoms in total. The van der Waals surface area contributed by atoms with E-state index in [0.717, 1.165) is 41.5 Å². The van der Waals surface area contributed by atoms with Gasteiger partial charge in [-0.3, -0.25) is 9.59 Å². The monoisotopic (exact) mass is 858 g/mol. The van der Waals surface area contributed by atoms with Crippen molar-refractivity contribution in [1.29, 1.82) is 0 Å². The van der Waals surface area contributed by atoms with E-state index in [2.05, 4.69) is 17.5 Å². The van der Waals surface area contributed by atoms with E-state index in [1.165, 1.54) is 0 Å². The number of hydrogen-bond acceptors (Lipinski definition) is 14. The van der Waals surface area contributed by atoms with Crippen LogP contribution in [0.3, 0.4) is 0 Å². The second kappa shape index (κ2) is 22.7. The van der Waals surface area contributed by atoms with Gasteiger partial charge in [0.25, 0.3) is 11.5 Å². The average Bonchev–Trinajstić information content (AvgIpc) is 3.66. The van der Waals surface area contributed by atoms with Crippen LogP contribution in [0.5, 0.6) is 11.5 Å². The summed E-state index contributed by atoms with van der Waals surface area (Å²) < 4.78 is 46.1. The molecule has 0 unspecified atom stereocenters. The number of nitrogens with zero attached hydrogens (tertiary/aromatic N) is 3. The van der Waals surface area contributed by atoms with Crippen molar-refractivity contribution in [3.63, 3.8) is 0 Å². The van der Waals surface area contributed by atoms with E-state index in [1.54, 1.807) is 30.5 Å². The first-order valence-electron chi connectivity index (χ1n) is 21.4. The van der Waals surface area contributed by atoms with E-state index in [9.17, 15) is 19.5 Å². The molecule has 0 saturated heterocycles. The molecule has 2 N–H and O–H groups in total. The number of benzene rings is 2. The van der Waals surface area contributed by atoms with Gasteiger partial charge in [0.15, 0.2) is 12.2 Å². The van der Waals surface area contributed by atoms with Crippen LogP contribution in [0.2, 0.25) is 0 Å². The molecule has 4 heterocycles. The molecule has 6 rings (SSSR count). The second-order valence-corrected chi connectivity index (χ2v) is 14.9. The summed E-state index contributed by atoms with van der Waals surface area (Å²) in [5.41, 5.74) is 5.98. The number of ether oxygens (including phenoxy) is 8. The molecule has 2 aromatic carbocycles. The number of aromatic nitrogens is 2. The first-order valence-corrected chi connectivity index (χ1v) is 21.4. The molecule has 2 aromatic heterocycles. The Kier molecular flexibility index (Phi) is 17.0. The Morgan fingerprint density at radius 2 is 1.50 bits per heavy atom. The number of amides is 1. The van der Waals surface area contributed by atoms with E-state index in [4.69, 9.17) is 42.9 Å². The first-order chi connectivity index (χ1) is 30.2. The quantitative estimate of drug-likeness (QED) is 0.0334. The minimum absolute atomic E-state index is 0.0672. The Bertz CT molecular complexity index is 2260. The van der Waals surface area contributed by atoms with Gasteiger partial charge in [0, 0.05) is 28.7 Å². The van der Waals surface area contributed by atoms with E-state index in [1.807, 2.05) is 43.3 Å². The zero-order chi connectivity index (χ0) is 43.9. The third-order valence-electron chi connectivity index (χ3n) is 10.7. The van der Waals surface area contributed by atoms with Crippen LogP contribution in [-0.2, 0) is 63.2 Å². The molecule has 1 atom stereocenters. The number of unbranched alkanes of at least 4 members (excludes halogenated alkanes) is 1. The number of carbonyl (C=O) groups excluding carboxylic acids is 2. The number of aliphatic hydroxyl groups is 1. The Morgan fingerprint density at radius 3 is 2.16 bits per heavy atom. The average molecular weight is 859 g/mol. The van der Waals surface area contributed by atoms with Gasteiger partial charge in [0.05, 0.1) is 94.2 Å². The van der Waals surface area contributed by atoms with E-state index >= 15 is 0 Å². The number of hydrogen-bond donors (Lipinski definition) is 2. The van der Waals surface area contributed by atoms with Crippen LogP contribution in [0, 0.1) is 0 Å². The molecule has 0 radical (unpaired) electrons. The van der Waals surface area contributed by atoms with Crippen LogP contribution in [0.25, 0.3) is 22.3 Å². The molecule has 2 aliphatic rings. The standard InChI is InChI=1S/C46H58N4O12/c1-5-8-14-55-15-16-56-17-18-57-19-20-58-21-22-59-23-24-60-33-11-9-10-32(25-33)31(4)48-49-42(51)30-61-34-12-13-40-36(26-34)35(6-2)37-28-50-41(43(37)47-40)27-39-38(44(50)52)29-62-45(53)46(39,54)7-3/h9-13,25-27,54H,5-8,14-24,28-30H2,1-4H3,(H,49,51)/b48-31+/t46-/m0/s1. The first kappa shape index (κ1) is 46.3. The topological polar surface area (TPSA) is 187 Å². The highest BCUT2D eigenvalue weighted by Gasteiger charge is 2.45. The Hall–Kier alpha value is -5.23. The molecule has 334 valence electrons. The lowest BCUT2D eigenvalue weighted by molar-refractivity contribution is -0.172. The molecule has 0 saturated carbocycles. The lowest BCUT2D eigenvalue weighted by atomic mass is 9.86. The Labute approximate surface area is 361 Å². The summed E-state index contributed by atoms with van der Waals surface area (Å²) in [5, 5.41) is 16.3. The van der Waals surface area contributed by atoms with E-state index < -0.39 is 17.5 Å². The molecule has 0 bridgehead atoms. The van der Waals surface area contributed by atoms with Crippen molar-refractivity contribution >= 4 is 28.5 Å². The number of fused-ring (bicyclic) bond motifs is 5. The third kappa shape index (κ3) is 11.4. The fourth-order valence-corrected chi connectivity index (χ4v) is 7.28. The molecule has 4 aromatic rings. The van der Waals surface area contributed by atoms with Crippen molar-refractivity contribution in [1.82, 2.24) is 15.0 Å². The molecule has 16 heteroatoms. The summed E-state index contributed by atoms with van der Waals surface area (Å²) >= 11 is 0. The van der Waals surface area contributed by atoms with Gasteiger partial charge in [0.1, 0.15) is 24.7 Å². The molecule has 62 heavy (non-hydrogen) atoms. The van der Waals surface area contributed by atoms with Crippen molar-refractivity contribution in [2.45, 2.75) is 72.1 Å². The summed E-state index contributed by atoms with van der Waals surface area (Å²) in [4.78, 5) is 44.0. The van der Waals surface area contributed by atoms with Crippen LogP contribution in [0.1, 0.15) is 74.8 Å². The number of pyridine rings is 2. The van der Waals surface area contributed by atoms with E-state index in [-0.39, 0.29) is 42.9 Å². The highest BCUT2D eigenvalue weighted by Crippen LogP contribution is 2.40. The Balaban J connectivity index is 0.919. The predicted octanol–water partition coefficient (Wildman–Crippen LogP) is 4.82. The summed E-state index contributed by atoms with van der Waals surface area (Å²) in [7, 11) is 0. The second-order valence-electron chi connectivity index (χ2n) is 14.9. The van der Waals surface area contributed by atoms with Crippen molar-refractivity contribution < 1.29 is 52.6 Å². The number of rotatable bonds is 26. The number of esters is 1. The molecular formula is C46H58N4O12. The summed E-state index contributed by atoms with van der Waals surface area (Å²) in [6.45, 7) is 13.1. The number of aryl methyl sites for hydroxylation is 1. The summed E-state index contributed by atoms with van der Waals surface area (Å²) in [6, 6.07) is 14.5. The van der Waals surface area contributed by atoms with E-state index in [0.29, 0.717) is 107 Å². The fraction of sp³-hybridized carbons (Fsp3) is 0.500. The normalized spacial score (nSPS) is 15.6. The molecule has 2 aliphatic heterocycles. The van der Waals surface area contributed by atoms with Crippen molar-refractivity contribution in [3.05, 3.63) is 86.7 Å².